The van der Waals surface area contributed by atoms with Gasteiger partial charge in [-0.25, -0.2) is 13.1 Å². The lowest BCUT2D eigenvalue weighted by molar-refractivity contribution is -0.115. The van der Waals surface area contributed by atoms with Gasteiger partial charge in [0, 0.05) is 10.7 Å². The molecule has 134 valence electrons. The zero-order valence-electron chi connectivity index (χ0n) is 14.3. The Balaban J connectivity index is 2.01. The number of anilines is 1. The van der Waals surface area contributed by atoms with Crippen LogP contribution in [0.5, 0.6) is 0 Å². The Kier molecular flexibility index (Phi) is 6.21. The molecule has 0 atom stereocenters. The summed E-state index contributed by atoms with van der Waals surface area (Å²) < 4.78 is 26.9. The molecule has 0 spiro atoms. The third-order valence-corrected chi connectivity index (χ3v) is 5.65. The van der Waals surface area contributed by atoms with Gasteiger partial charge in [-0.15, -0.1) is 0 Å². The third kappa shape index (κ3) is 5.04. The van der Waals surface area contributed by atoms with Gasteiger partial charge in [0.15, 0.2) is 0 Å². The minimum atomic E-state index is -3.75. The van der Waals surface area contributed by atoms with E-state index in [-0.39, 0.29) is 11.4 Å². The van der Waals surface area contributed by atoms with E-state index in [4.69, 9.17) is 11.6 Å². The van der Waals surface area contributed by atoms with Crippen LogP contribution in [0.1, 0.15) is 30.9 Å². The summed E-state index contributed by atoms with van der Waals surface area (Å²) in [4.78, 5) is 12.1. The van der Waals surface area contributed by atoms with Gasteiger partial charge in [-0.2, -0.15) is 0 Å². The Hall–Kier alpha value is -1.89. The van der Waals surface area contributed by atoms with Crippen LogP contribution in [0.15, 0.2) is 47.4 Å². The van der Waals surface area contributed by atoms with Crippen LogP contribution < -0.4 is 10.0 Å². The summed E-state index contributed by atoms with van der Waals surface area (Å²) in [6.07, 6.45) is 0. The molecule has 0 aliphatic rings. The van der Waals surface area contributed by atoms with Crippen LogP contribution in [0.2, 0.25) is 5.02 Å². The standard InChI is InChI=1S/C18H21ClN2O3S/c1-12(2)14-7-9-15(10-8-14)25(23,24)20-11-18(22)21-17-6-4-5-16(19)13(17)3/h4-10,12,20H,11H2,1-3H3,(H,21,22). The van der Waals surface area contributed by atoms with Crippen molar-refractivity contribution in [1.82, 2.24) is 4.72 Å². The van der Waals surface area contributed by atoms with Gasteiger partial charge in [-0.3, -0.25) is 4.79 Å². The van der Waals surface area contributed by atoms with Crippen molar-refractivity contribution in [2.24, 2.45) is 0 Å². The highest BCUT2D eigenvalue weighted by molar-refractivity contribution is 7.89. The normalized spacial score (nSPS) is 11.6. The van der Waals surface area contributed by atoms with E-state index in [2.05, 4.69) is 10.0 Å². The zero-order valence-corrected chi connectivity index (χ0v) is 15.9. The Labute approximate surface area is 153 Å². The Bertz CT molecular complexity index is 862. The number of rotatable bonds is 6. The monoisotopic (exact) mass is 380 g/mol. The summed E-state index contributed by atoms with van der Waals surface area (Å²) in [6.45, 7) is 5.48. The van der Waals surface area contributed by atoms with Crippen LogP contribution in [0.4, 0.5) is 5.69 Å². The molecule has 0 aliphatic heterocycles. The van der Waals surface area contributed by atoms with Crippen molar-refractivity contribution in [2.45, 2.75) is 31.6 Å². The third-order valence-electron chi connectivity index (χ3n) is 3.82. The van der Waals surface area contributed by atoms with Crippen molar-refractivity contribution in [3.8, 4) is 0 Å². The van der Waals surface area contributed by atoms with Crippen LogP contribution in [0.3, 0.4) is 0 Å². The number of sulfonamides is 1. The number of halogens is 1. The minimum Gasteiger partial charge on any atom is -0.325 e. The second-order valence-corrected chi connectivity index (χ2v) is 8.18. The van der Waals surface area contributed by atoms with E-state index in [0.717, 1.165) is 11.1 Å². The summed E-state index contributed by atoms with van der Waals surface area (Å²) in [7, 11) is -3.75. The number of carbonyl (C=O) groups is 1. The van der Waals surface area contributed by atoms with Gasteiger partial charge in [0.25, 0.3) is 0 Å². The minimum absolute atomic E-state index is 0.128. The maximum Gasteiger partial charge on any atom is 0.241 e. The predicted octanol–water partition coefficient (Wildman–Crippen LogP) is 3.69. The fourth-order valence-electron chi connectivity index (χ4n) is 2.21. The molecule has 0 radical (unpaired) electrons. The van der Waals surface area contributed by atoms with E-state index in [0.29, 0.717) is 16.6 Å². The molecule has 5 nitrogen and oxygen atoms in total. The highest BCUT2D eigenvalue weighted by Gasteiger charge is 2.16. The quantitative estimate of drug-likeness (QED) is 0.802. The largest absolute Gasteiger partial charge is 0.325 e. The summed E-state index contributed by atoms with van der Waals surface area (Å²) in [5.41, 5.74) is 2.33. The average molecular weight is 381 g/mol. The summed E-state index contributed by atoms with van der Waals surface area (Å²) in [5, 5.41) is 3.18. The maximum absolute atomic E-state index is 12.3. The Morgan fingerprint density at radius 2 is 1.76 bits per heavy atom. The molecule has 0 aromatic heterocycles. The molecule has 0 saturated heterocycles. The van der Waals surface area contributed by atoms with Crippen LogP contribution in [-0.2, 0) is 14.8 Å². The van der Waals surface area contributed by atoms with Gasteiger partial charge in [-0.05, 0) is 48.2 Å². The molecule has 2 rings (SSSR count). The first-order valence-electron chi connectivity index (χ1n) is 7.85. The fraction of sp³-hybridized carbons (Fsp3) is 0.278. The lowest BCUT2D eigenvalue weighted by Crippen LogP contribution is -2.33. The van der Waals surface area contributed by atoms with E-state index in [1.54, 1.807) is 37.3 Å². The second kappa shape index (κ2) is 7.99. The molecule has 0 fully saturated rings. The van der Waals surface area contributed by atoms with E-state index in [1.807, 2.05) is 13.8 Å². The van der Waals surface area contributed by atoms with E-state index >= 15 is 0 Å². The number of nitrogens with one attached hydrogen (secondary N) is 2. The van der Waals surface area contributed by atoms with Crippen molar-refractivity contribution in [2.75, 3.05) is 11.9 Å². The first-order chi connectivity index (χ1) is 11.7. The smallest absolute Gasteiger partial charge is 0.241 e. The topological polar surface area (TPSA) is 75.3 Å². The van der Waals surface area contributed by atoms with Gasteiger partial charge in [0.2, 0.25) is 15.9 Å². The summed E-state index contributed by atoms with van der Waals surface area (Å²) in [6, 6.07) is 11.8. The second-order valence-electron chi connectivity index (χ2n) is 6.01. The molecule has 2 aromatic carbocycles. The van der Waals surface area contributed by atoms with Gasteiger partial charge in [-0.1, -0.05) is 43.6 Å². The molecule has 0 heterocycles. The SMILES string of the molecule is Cc1c(Cl)cccc1NC(=O)CNS(=O)(=O)c1ccc(C(C)C)cc1. The number of hydrogen-bond donors (Lipinski definition) is 2. The first kappa shape index (κ1) is 19.4. The molecule has 25 heavy (non-hydrogen) atoms. The lowest BCUT2D eigenvalue weighted by atomic mass is 10.0. The molecule has 2 N–H and O–H groups in total. The van der Waals surface area contributed by atoms with Crippen molar-refractivity contribution in [3.63, 3.8) is 0 Å². The highest BCUT2D eigenvalue weighted by Crippen LogP contribution is 2.22. The number of amides is 1. The molecule has 1 amide bonds. The van der Waals surface area contributed by atoms with Gasteiger partial charge < -0.3 is 5.32 Å². The maximum atomic E-state index is 12.3. The van der Waals surface area contributed by atoms with Crippen LogP contribution >= 0.6 is 11.6 Å². The molecular formula is C18H21ClN2O3S. The fourth-order valence-corrected chi connectivity index (χ4v) is 3.37. The van der Waals surface area contributed by atoms with E-state index in [9.17, 15) is 13.2 Å². The van der Waals surface area contributed by atoms with Crippen LogP contribution in [-0.4, -0.2) is 20.9 Å². The molecule has 0 bridgehead atoms. The van der Waals surface area contributed by atoms with Crippen molar-refractivity contribution in [1.29, 1.82) is 0 Å². The number of benzene rings is 2. The van der Waals surface area contributed by atoms with Crippen molar-refractivity contribution in [3.05, 3.63) is 58.6 Å². The van der Waals surface area contributed by atoms with Gasteiger partial charge in [0.1, 0.15) is 0 Å². The number of carbonyl (C=O) groups excluding carboxylic acids is 1. The Morgan fingerprint density at radius 3 is 2.36 bits per heavy atom. The Morgan fingerprint density at radius 1 is 1.12 bits per heavy atom. The van der Waals surface area contributed by atoms with Gasteiger partial charge >= 0.3 is 0 Å². The molecule has 0 saturated carbocycles. The molecular weight excluding hydrogens is 360 g/mol. The molecule has 0 aliphatic carbocycles. The van der Waals surface area contributed by atoms with Crippen molar-refractivity contribution >= 4 is 33.2 Å². The van der Waals surface area contributed by atoms with Crippen LogP contribution in [0.25, 0.3) is 0 Å². The molecule has 0 unspecified atom stereocenters. The number of hydrogen-bond acceptors (Lipinski definition) is 3. The van der Waals surface area contributed by atoms with Crippen molar-refractivity contribution < 1.29 is 13.2 Å². The van der Waals surface area contributed by atoms with E-state index in [1.165, 1.54) is 12.1 Å². The predicted molar refractivity (Wildman–Crippen MR) is 101 cm³/mol. The molecule has 7 heteroatoms. The summed E-state index contributed by atoms with van der Waals surface area (Å²) >= 11 is 6.00. The van der Waals surface area contributed by atoms with E-state index < -0.39 is 15.9 Å². The average Bonchev–Trinajstić information content (AvgIpc) is 2.57. The van der Waals surface area contributed by atoms with Crippen LogP contribution in [0, 0.1) is 6.92 Å². The highest BCUT2D eigenvalue weighted by atomic mass is 35.5. The first-order valence-corrected chi connectivity index (χ1v) is 9.71. The zero-order chi connectivity index (χ0) is 18.6. The lowest BCUT2D eigenvalue weighted by Gasteiger charge is -2.11. The summed E-state index contributed by atoms with van der Waals surface area (Å²) in [5.74, 6) is -0.149. The molecule has 2 aromatic rings. The van der Waals surface area contributed by atoms with Gasteiger partial charge in [0.05, 0.1) is 11.4 Å².